The van der Waals surface area contributed by atoms with E-state index in [9.17, 15) is 0 Å². The summed E-state index contributed by atoms with van der Waals surface area (Å²) < 4.78 is 8.97. The van der Waals surface area contributed by atoms with Crippen LogP contribution in [-0.2, 0) is 0 Å². The van der Waals surface area contributed by atoms with Gasteiger partial charge in [-0.1, -0.05) is 114 Å². The Balaban J connectivity index is 1.13. The average Bonchev–Trinajstić information content (AvgIpc) is 3.81. The maximum absolute atomic E-state index is 6.46. The average molecular weight is 707 g/mol. The van der Waals surface area contributed by atoms with Crippen LogP contribution in [0.3, 0.4) is 0 Å². The highest BCUT2D eigenvalue weighted by Gasteiger charge is 2.19. The minimum absolute atomic E-state index is 0.174. The molecule has 10 aromatic rings. The fourth-order valence-corrected chi connectivity index (χ4v) is 8.68. The van der Waals surface area contributed by atoms with Crippen molar-refractivity contribution in [2.45, 2.75) is 0 Å². The first-order valence-electron chi connectivity index (χ1n) is 17.6. The predicted octanol–water partition coefficient (Wildman–Crippen LogP) is 6.44. The lowest BCUT2D eigenvalue weighted by Gasteiger charge is -2.21. The van der Waals surface area contributed by atoms with Crippen molar-refractivity contribution >= 4 is 120 Å². The van der Waals surface area contributed by atoms with Crippen LogP contribution < -0.4 is 27.3 Å². The van der Waals surface area contributed by atoms with E-state index in [2.05, 4.69) is 60.7 Å². The third-order valence-electron chi connectivity index (χ3n) is 10.2. The summed E-state index contributed by atoms with van der Waals surface area (Å²) in [6, 6.07) is 45.0. The van der Waals surface area contributed by atoms with E-state index in [1.54, 1.807) is 0 Å². The maximum Gasteiger partial charge on any atom is 0.164 e. The molecule has 0 atom stereocenters. The minimum Gasteiger partial charge on any atom is -0.456 e. The van der Waals surface area contributed by atoms with Gasteiger partial charge in [0.15, 0.2) is 17.5 Å². The Morgan fingerprint density at radius 2 is 0.982 bits per heavy atom. The van der Waals surface area contributed by atoms with E-state index < -0.39 is 0 Å². The second-order valence-electron chi connectivity index (χ2n) is 13.5. The molecule has 10 heteroatoms. The first-order valence-corrected chi connectivity index (χ1v) is 18.5. The normalized spacial score (nSPS) is 11.6. The highest BCUT2D eigenvalue weighted by atomic mass is 32.1. The van der Waals surface area contributed by atoms with Gasteiger partial charge < -0.3 is 4.42 Å². The molecule has 4 nitrogen and oxygen atoms in total. The standard InChI is InChI=1S/C45H22B5N3OS/c46-37-35(38(47)40(49)41(50)39(37)48)23-16-18-25(19-17-23)44-51-43(24-8-2-1-3-9-24)52-45(53-44)26-20-21-32-31(22-26)36-28(11-7-14-33(36)54-32)30-13-6-12-29-27-10-4-5-15-34(27)55-42(29)30/h1-22H. The van der Waals surface area contributed by atoms with E-state index in [4.69, 9.17) is 58.6 Å². The lowest BCUT2D eigenvalue weighted by Crippen LogP contribution is -2.55. The molecule has 10 rings (SSSR count). The summed E-state index contributed by atoms with van der Waals surface area (Å²) in [7, 11) is 31.1. The molecule has 3 aromatic heterocycles. The second kappa shape index (κ2) is 13.0. The van der Waals surface area contributed by atoms with Gasteiger partial charge in [-0.2, -0.15) is 0 Å². The monoisotopic (exact) mass is 707 g/mol. The molecule has 0 saturated carbocycles. The summed E-state index contributed by atoms with van der Waals surface area (Å²) in [5.41, 5.74) is 8.73. The van der Waals surface area contributed by atoms with Crippen molar-refractivity contribution in [3.05, 3.63) is 133 Å². The van der Waals surface area contributed by atoms with Crippen LogP contribution in [0.4, 0.5) is 0 Å². The largest absolute Gasteiger partial charge is 0.456 e. The quantitative estimate of drug-likeness (QED) is 0.194. The van der Waals surface area contributed by atoms with Crippen molar-refractivity contribution in [3.63, 3.8) is 0 Å². The summed E-state index contributed by atoms with van der Waals surface area (Å²) in [6.45, 7) is 0. The van der Waals surface area contributed by atoms with Gasteiger partial charge in [-0.3, -0.25) is 0 Å². The number of hydrogen-bond donors (Lipinski definition) is 0. The van der Waals surface area contributed by atoms with Crippen molar-refractivity contribution in [1.82, 2.24) is 15.0 Å². The highest BCUT2D eigenvalue weighted by Crippen LogP contribution is 2.44. The lowest BCUT2D eigenvalue weighted by atomic mass is 9.59. The second-order valence-corrected chi connectivity index (χ2v) is 14.5. The van der Waals surface area contributed by atoms with Gasteiger partial charge in [0.25, 0.3) is 0 Å². The zero-order valence-electron chi connectivity index (χ0n) is 29.2. The summed E-state index contributed by atoms with van der Waals surface area (Å²) in [6.07, 6.45) is 0. The number of thiophene rings is 1. The van der Waals surface area contributed by atoms with Gasteiger partial charge in [-0.05, 0) is 47.0 Å². The Bertz CT molecular complexity index is 3130. The van der Waals surface area contributed by atoms with Crippen LogP contribution >= 0.6 is 11.3 Å². The number of nitrogens with zero attached hydrogens (tertiary/aromatic N) is 3. The summed E-state index contributed by atoms with van der Waals surface area (Å²) in [5.74, 6) is 1.58. The van der Waals surface area contributed by atoms with Crippen LogP contribution in [0.15, 0.2) is 138 Å². The van der Waals surface area contributed by atoms with Gasteiger partial charge in [-0.15, -0.1) is 27.7 Å². The van der Waals surface area contributed by atoms with E-state index >= 15 is 0 Å². The molecule has 0 spiro atoms. The minimum atomic E-state index is 0.174. The van der Waals surface area contributed by atoms with E-state index in [1.165, 1.54) is 25.7 Å². The van der Waals surface area contributed by atoms with Crippen LogP contribution in [0.1, 0.15) is 0 Å². The van der Waals surface area contributed by atoms with Gasteiger partial charge in [-0.25, -0.2) is 15.0 Å². The number of fused-ring (bicyclic) bond motifs is 6. The predicted molar refractivity (Wildman–Crippen MR) is 234 cm³/mol. The molecule has 0 fully saturated rings. The molecule has 0 N–H and O–H groups in total. The van der Waals surface area contributed by atoms with Crippen LogP contribution in [0.2, 0.25) is 0 Å². The van der Waals surface area contributed by atoms with Crippen LogP contribution in [0.5, 0.6) is 0 Å². The van der Waals surface area contributed by atoms with E-state index in [-0.39, 0.29) is 27.3 Å². The number of aromatic nitrogens is 3. The first kappa shape index (κ1) is 33.5. The van der Waals surface area contributed by atoms with Crippen molar-refractivity contribution in [2.24, 2.45) is 0 Å². The third-order valence-corrected chi connectivity index (χ3v) is 11.5. The van der Waals surface area contributed by atoms with Crippen molar-refractivity contribution in [2.75, 3.05) is 0 Å². The molecule has 0 aliphatic carbocycles. The number of benzene rings is 7. The molecule has 244 valence electrons. The van der Waals surface area contributed by atoms with Crippen molar-refractivity contribution in [1.29, 1.82) is 0 Å². The van der Waals surface area contributed by atoms with Crippen LogP contribution in [-0.4, -0.2) is 54.2 Å². The van der Waals surface area contributed by atoms with Crippen molar-refractivity contribution < 1.29 is 4.42 Å². The van der Waals surface area contributed by atoms with Crippen molar-refractivity contribution in [3.8, 4) is 56.4 Å². The maximum atomic E-state index is 6.46. The van der Waals surface area contributed by atoms with Crippen LogP contribution in [0, 0.1) is 0 Å². The zero-order chi connectivity index (χ0) is 37.4. The molecule has 10 radical (unpaired) electrons. The summed E-state index contributed by atoms with van der Waals surface area (Å²) >= 11 is 1.82. The Morgan fingerprint density at radius 1 is 0.418 bits per heavy atom. The topological polar surface area (TPSA) is 51.8 Å². The van der Waals surface area contributed by atoms with Gasteiger partial charge in [0, 0.05) is 53.2 Å². The van der Waals surface area contributed by atoms with Gasteiger partial charge in [0.05, 0.1) is 0 Å². The van der Waals surface area contributed by atoms with E-state index in [0.29, 0.717) is 23.0 Å². The highest BCUT2D eigenvalue weighted by molar-refractivity contribution is 7.26. The molecule has 0 amide bonds. The molecule has 0 unspecified atom stereocenters. The number of furan rings is 1. The first-order chi connectivity index (χ1) is 26.8. The Kier molecular flexibility index (Phi) is 7.93. The van der Waals surface area contributed by atoms with Gasteiger partial charge >= 0.3 is 0 Å². The molecule has 55 heavy (non-hydrogen) atoms. The van der Waals surface area contributed by atoms with Gasteiger partial charge in [0.1, 0.15) is 50.4 Å². The van der Waals surface area contributed by atoms with Gasteiger partial charge in [0.2, 0.25) is 0 Å². The molecule has 0 aliphatic heterocycles. The third kappa shape index (κ3) is 5.46. The van der Waals surface area contributed by atoms with E-state index in [0.717, 1.165) is 49.8 Å². The molecule has 3 heterocycles. The Morgan fingerprint density at radius 3 is 1.73 bits per heavy atom. The fraction of sp³-hybridized carbons (Fsp3) is 0. The smallest absolute Gasteiger partial charge is 0.164 e. The number of rotatable bonds is 5. The Labute approximate surface area is 327 Å². The van der Waals surface area contributed by atoms with E-state index in [1.807, 2.05) is 84.1 Å². The molecular formula is C45H22B5N3OS. The summed E-state index contributed by atoms with van der Waals surface area (Å²) in [4.78, 5) is 15.0. The molecular weight excluding hydrogens is 685 g/mol. The molecule has 0 saturated heterocycles. The lowest BCUT2D eigenvalue weighted by molar-refractivity contribution is 0.669. The molecule has 7 aromatic carbocycles. The summed E-state index contributed by atoms with van der Waals surface area (Å²) in [5, 5.41) is 4.53. The molecule has 0 aliphatic rings. The number of hydrogen-bond acceptors (Lipinski definition) is 5. The zero-order valence-corrected chi connectivity index (χ0v) is 30.1. The molecule has 0 bridgehead atoms. The Hall–Kier alpha value is -6.11. The SMILES string of the molecule is [B]c1c([B])c([B])c(-c2ccc(-c3nc(-c4ccccc4)nc(-c4ccc5oc6cccc(-c7cccc8c7sc7ccccc78)c6c5c4)n3)cc2)c([B])c1[B]. The van der Waals surface area contributed by atoms with Crippen LogP contribution in [0.25, 0.3) is 98.5 Å². The fourth-order valence-electron chi connectivity index (χ4n) is 7.45.